The van der Waals surface area contributed by atoms with Gasteiger partial charge in [-0.15, -0.1) is 0 Å². The fourth-order valence-electron chi connectivity index (χ4n) is 3.11. The van der Waals surface area contributed by atoms with E-state index in [1.165, 1.54) is 12.8 Å². The molecule has 7 heteroatoms. The Labute approximate surface area is 140 Å². The number of carbonyl (C=O) groups is 1. The molecule has 126 valence electrons. The monoisotopic (exact) mass is 327 g/mol. The molecule has 1 amide bonds. The fraction of sp³-hybridized carbons (Fsp3) is 0.471. The number of hydrogen-bond donors (Lipinski definition) is 2. The molecule has 1 aliphatic heterocycles. The molecular formula is C17H21N5O2. The molecule has 1 saturated heterocycles. The van der Waals surface area contributed by atoms with Gasteiger partial charge >= 0.3 is 0 Å². The van der Waals surface area contributed by atoms with Crippen LogP contribution in [0.15, 0.2) is 30.3 Å². The first-order valence-corrected chi connectivity index (χ1v) is 8.41. The van der Waals surface area contributed by atoms with Crippen LogP contribution in [0.5, 0.6) is 0 Å². The maximum Gasteiger partial charge on any atom is 0.274 e. The lowest BCUT2D eigenvalue weighted by Crippen LogP contribution is -2.48. The summed E-state index contributed by atoms with van der Waals surface area (Å²) in [6, 6.07) is 10.3. The standard InChI is InChI=1S/C17H21N5O2/c23-17(16-15(19-21-20-16)12-4-2-1-3-5-12)18-10-14-11-22(8-9-24-14)13-6-7-13/h1-5,13-14H,6-11H2,(H,18,23)(H,19,20,21)/t14-/m0/s1. The third-order valence-corrected chi connectivity index (χ3v) is 4.53. The highest BCUT2D eigenvalue weighted by Crippen LogP contribution is 2.28. The van der Waals surface area contributed by atoms with Gasteiger partial charge < -0.3 is 10.1 Å². The largest absolute Gasteiger partial charge is 0.374 e. The number of rotatable bonds is 5. The molecule has 1 aromatic carbocycles. The second-order valence-electron chi connectivity index (χ2n) is 6.32. The Hall–Kier alpha value is -2.25. The van der Waals surface area contributed by atoms with Gasteiger partial charge in [0.15, 0.2) is 5.69 Å². The number of aromatic amines is 1. The van der Waals surface area contributed by atoms with E-state index in [1.54, 1.807) is 0 Å². The highest BCUT2D eigenvalue weighted by Gasteiger charge is 2.33. The van der Waals surface area contributed by atoms with Crippen molar-refractivity contribution in [1.82, 2.24) is 25.6 Å². The highest BCUT2D eigenvalue weighted by atomic mass is 16.5. The minimum Gasteiger partial charge on any atom is -0.374 e. The molecule has 1 aromatic heterocycles. The van der Waals surface area contributed by atoms with Gasteiger partial charge in [0.05, 0.1) is 12.7 Å². The number of amides is 1. The van der Waals surface area contributed by atoms with Crippen LogP contribution in [0.1, 0.15) is 23.3 Å². The zero-order chi connectivity index (χ0) is 16.4. The van der Waals surface area contributed by atoms with E-state index in [1.807, 2.05) is 30.3 Å². The Morgan fingerprint density at radius 1 is 1.29 bits per heavy atom. The Morgan fingerprint density at radius 3 is 2.92 bits per heavy atom. The summed E-state index contributed by atoms with van der Waals surface area (Å²) < 4.78 is 5.77. The quantitative estimate of drug-likeness (QED) is 0.858. The van der Waals surface area contributed by atoms with Gasteiger partial charge in [-0.25, -0.2) is 0 Å². The number of benzene rings is 1. The van der Waals surface area contributed by atoms with Crippen LogP contribution < -0.4 is 5.32 Å². The summed E-state index contributed by atoms with van der Waals surface area (Å²) >= 11 is 0. The van der Waals surface area contributed by atoms with E-state index >= 15 is 0 Å². The Bertz CT molecular complexity index is 698. The summed E-state index contributed by atoms with van der Waals surface area (Å²) in [5.41, 5.74) is 1.75. The first kappa shape index (κ1) is 15.3. The van der Waals surface area contributed by atoms with E-state index in [0.29, 0.717) is 17.9 Å². The van der Waals surface area contributed by atoms with Crippen LogP contribution in [-0.4, -0.2) is 64.6 Å². The zero-order valence-electron chi connectivity index (χ0n) is 13.4. The minimum absolute atomic E-state index is 0.0374. The lowest BCUT2D eigenvalue weighted by Gasteiger charge is -2.33. The fourth-order valence-corrected chi connectivity index (χ4v) is 3.11. The number of nitrogens with zero attached hydrogens (tertiary/aromatic N) is 3. The number of hydrogen-bond acceptors (Lipinski definition) is 5. The molecular weight excluding hydrogens is 306 g/mol. The van der Waals surface area contributed by atoms with Crippen molar-refractivity contribution < 1.29 is 9.53 Å². The molecule has 1 aliphatic carbocycles. The number of carbonyl (C=O) groups excluding carboxylic acids is 1. The molecule has 1 saturated carbocycles. The van der Waals surface area contributed by atoms with Crippen molar-refractivity contribution in [2.75, 3.05) is 26.2 Å². The third-order valence-electron chi connectivity index (χ3n) is 4.53. The molecule has 0 bridgehead atoms. The molecule has 1 atom stereocenters. The second kappa shape index (κ2) is 6.70. The Kier molecular flexibility index (Phi) is 4.27. The maximum absolute atomic E-state index is 12.5. The molecule has 2 fully saturated rings. The summed E-state index contributed by atoms with van der Waals surface area (Å²) in [5.74, 6) is -0.227. The predicted molar refractivity (Wildman–Crippen MR) is 88.5 cm³/mol. The van der Waals surface area contributed by atoms with Gasteiger partial charge in [-0.1, -0.05) is 30.3 Å². The molecule has 0 unspecified atom stereocenters. The van der Waals surface area contributed by atoms with E-state index in [9.17, 15) is 4.79 Å². The summed E-state index contributed by atoms with van der Waals surface area (Å²) in [5, 5.41) is 13.6. The number of ether oxygens (including phenoxy) is 1. The average Bonchev–Trinajstić information content (AvgIpc) is 3.37. The average molecular weight is 327 g/mol. The van der Waals surface area contributed by atoms with Gasteiger partial charge in [0, 0.05) is 31.2 Å². The van der Waals surface area contributed by atoms with E-state index in [2.05, 4.69) is 25.6 Å². The number of aromatic nitrogens is 3. The third kappa shape index (κ3) is 3.32. The van der Waals surface area contributed by atoms with Crippen molar-refractivity contribution in [2.45, 2.75) is 25.0 Å². The van der Waals surface area contributed by atoms with E-state index in [4.69, 9.17) is 4.74 Å². The van der Waals surface area contributed by atoms with Gasteiger partial charge in [0.1, 0.15) is 5.69 Å². The molecule has 0 spiro atoms. The van der Waals surface area contributed by atoms with E-state index in [0.717, 1.165) is 31.3 Å². The first-order valence-electron chi connectivity index (χ1n) is 8.41. The van der Waals surface area contributed by atoms with Gasteiger partial charge in [-0.3, -0.25) is 9.69 Å². The smallest absolute Gasteiger partial charge is 0.274 e. The molecule has 2 N–H and O–H groups in total. The highest BCUT2D eigenvalue weighted by molar-refractivity contribution is 5.97. The summed E-state index contributed by atoms with van der Waals surface area (Å²) in [7, 11) is 0. The Morgan fingerprint density at radius 2 is 2.12 bits per heavy atom. The van der Waals surface area contributed by atoms with Crippen LogP contribution in [0, 0.1) is 0 Å². The number of nitrogens with one attached hydrogen (secondary N) is 2. The minimum atomic E-state index is -0.227. The molecule has 2 aromatic rings. The SMILES string of the molecule is O=C(NC[C@H]1CN(C2CC2)CCO1)c1n[nH]nc1-c1ccccc1. The van der Waals surface area contributed by atoms with Crippen LogP contribution in [0.4, 0.5) is 0 Å². The van der Waals surface area contributed by atoms with E-state index in [-0.39, 0.29) is 12.0 Å². The molecule has 4 rings (SSSR count). The zero-order valence-corrected chi connectivity index (χ0v) is 13.4. The maximum atomic E-state index is 12.5. The van der Waals surface area contributed by atoms with Gasteiger partial charge in [-0.05, 0) is 12.8 Å². The van der Waals surface area contributed by atoms with Gasteiger partial charge in [0.2, 0.25) is 0 Å². The summed E-state index contributed by atoms with van der Waals surface area (Å²) in [6.45, 7) is 3.10. The summed E-state index contributed by atoms with van der Waals surface area (Å²) in [6.07, 6.45) is 2.62. The van der Waals surface area contributed by atoms with Crippen LogP contribution in [0.2, 0.25) is 0 Å². The molecule has 2 heterocycles. The van der Waals surface area contributed by atoms with Gasteiger partial charge in [-0.2, -0.15) is 15.4 Å². The van der Waals surface area contributed by atoms with Crippen molar-refractivity contribution >= 4 is 5.91 Å². The first-order chi connectivity index (χ1) is 11.8. The van der Waals surface area contributed by atoms with Crippen LogP contribution in [0.3, 0.4) is 0 Å². The van der Waals surface area contributed by atoms with Crippen LogP contribution in [-0.2, 0) is 4.74 Å². The lowest BCUT2D eigenvalue weighted by atomic mass is 10.1. The molecule has 7 nitrogen and oxygen atoms in total. The Balaban J connectivity index is 1.37. The van der Waals surface area contributed by atoms with Crippen molar-refractivity contribution in [3.05, 3.63) is 36.0 Å². The van der Waals surface area contributed by atoms with E-state index < -0.39 is 0 Å². The van der Waals surface area contributed by atoms with Crippen LogP contribution in [0.25, 0.3) is 11.3 Å². The normalized spacial score (nSPS) is 21.6. The van der Waals surface area contributed by atoms with Crippen molar-refractivity contribution in [2.24, 2.45) is 0 Å². The van der Waals surface area contributed by atoms with Gasteiger partial charge in [0.25, 0.3) is 5.91 Å². The summed E-state index contributed by atoms with van der Waals surface area (Å²) in [4.78, 5) is 14.9. The van der Waals surface area contributed by atoms with Crippen molar-refractivity contribution in [3.8, 4) is 11.3 Å². The molecule has 24 heavy (non-hydrogen) atoms. The molecule has 0 radical (unpaired) electrons. The predicted octanol–water partition coefficient (Wildman–Crippen LogP) is 1.06. The number of morpholine rings is 1. The number of H-pyrrole nitrogens is 1. The topological polar surface area (TPSA) is 83.1 Å². The molecule has 2 aliphatic rings. The lowest BCUT2D eigenvalue weighted by molar-refractivity contribution is -0.0293. The van der Waals surface area contributed by atoms with Crippen molar-refractivity contribution in [1.29, 1.82) is 0 Å². The second-order valence-corrected chi connectivity index (χ2v) is 6.32. The van der Waals surface area contributed by atoms with Crippen LogP contribution >= 0.6 is 0 Å². The van der Waals surface area contributed by atoms with Crippen molar-refractivity contribution in [3.63, 3.8) is 0 Å².